The van der Waals surface area contributed by atoms with E-state index in [1.165, 1.54) is 16.4 Å². The largest absolute Gasteiger partial charge is 0.481 e. The molecule has 182 valence electrons. The molecular formula is C26H25FN2O5S. The van der Waals surface area contributed by atoms with Gasteiger partial charge in [0, 0.05) is 31.6 Å². The highest BCUT2D eigenvalue weighted by Gasteiger charge is 2.56. The van der Waals surface area contributed by atoms with Gasteiger partial charge < -0.3 is 10.0 Å². The molecule has 0 saturated carbocycles. The first-order chi connectivity index (χ1) is 16.6. The maximum absolute atomic E-state index is 14.0. The summed E-state index contributed by atoms with van der Waals surface area (Å²) in [4.78, 5) is 26.5. The molecule has 0 aliphatic carbocycles. The van der Waals surface area contributed by atoms with Crippen molar-refractivity contribution >= 4 is 32.7 Å². The fraction of sp³-hybridized carbons (Fsp3) is 0.308. The van der Waals surface area contributed by atoms with Gasteiger partial charge in [0.1, 0.15) is 5.82 Å². The number of carboxylic acids is 1. The van der Waals surface area contributed by atoms with Gasteiger partial charge in [-0.05, 0) is 46.5 Å². The second-order valence-corrected chi connectivity index (χ2v) is 11.6. The molecule has 2 fully saturated rings. The summed E-state index contributed by atoms with van der Waals surface area (Å²) in [6.07, 6.45) is -0.238. The van der Waals surface area contributed by atoms with E-state index < -0.39 is 21.8 Å². The molecule has 3 aromatic rings. The Labute approximate surface area is 202 Å². The van der Waals surface area contributed by atoms with E-state index in [1.807, 2.05) is 6.07 Å². The number of sulfonamides is 1. The smallest absolute Gasteiger partial charge is 0.307 e. The van der Waals surface area contributed by atoms with E-state index in [9.17, 15) is 27.5 Å². The number of nitrogens with zero attached hydrogens (tertiary/aromatic N) is 2. The van der Waals surface area contributed by atoms with Crippen molar-refractivity contribution in [1.82, 2.24) is 9.21 Å². The average Bonchev–Trinajstić information content (AvgIpc) is 2.72. The first kappa shape index (κ1) is 23.4. The van der Waals surface area contributed by atoms with Crippen molar-refractivity contribution in [1.29, 1.82) is 0 Å². The number of hydrogen-bond acceptors (Lipinski definition) is 4. The number of carbonyl (C=O) groups is 2. The third kappa shape index (κ3) is 4.30. The van der Waals surface area contributed by atoms with Crippen LogP contribution in [0.2, 0.25) is 0 Å². The van der Waals surface area contributed by atoms with Crippen LogP contribution in [0.3, 0.4) is 0 Å². The van der Waals surface area contributed by atoms with E-state index in [0.29, 0.717) is 53.6 Å². The summed E-state index contributed by atoms with van der Waals surface area (Å²) in [5, 5.41) is 10.3. The standard InChI is InChI=1S/C26H25FN2O5S/c1-17-20(10-23(30)31)9-19-7-8-21(27)11-22(19)24(17)25(32)28-13-26(14-28)15-29(16-26)35(33,34)12-18-5-3-2-4-6-18/h2-9,11H,10,12-16H2,1H3,(H,30,31). The minimum Gasteiger partial charge on any atom is -0.481 e. The maximum Gasteiger partial charge on any atom is 0.307 e. The summed E-state index contributed by atoms with van der Waals surface area (Å²) in [6, 6.07) is 14.8. The topological polar surface area (TPSA) is 95.0 Å². The Morgan fingerprint density at radius 1 is 1.03 bits per heavy atom. The molecule has 3 aromatic carbocycles. The number of likely N-dealkylation sites (tertiary alicyclic amines) is 1. The zero-order chi connectivity index (χ0) is 25.0. The number of rotatable bonds is 6. The van der Waals surface area contributed by atoms with Gasteiger partial charge in [0.2, 0.25) is 10.0 Å². The van der Waals surface area contributed by atoms with Crippen LogP contribution in [0.1, 0.15) is 27.0 Å². The summed E-state index contributed by atoms with van der Waals surface area (Å²) < 4.78 is 41.0. The fourth-order valence-electron chi connectivity index (χ4n) is 5.19. The lowest BCUT2D eigenvalue weighted by atomic mass is 9.74. The summed E-state index contributed by atoms with van der Waals surface area (Å²) in [7, 11) is -3.44. The van der Waals surface area contributed by atoms with Crippen LogP contribution in [0, 0.1) is 18.2 Å². The van der Waals surface area contributed by atoms with E-state index in [-0.39, 0.29) is 23.5 Å². The lowest BCUT2D eigenvalue weighted by molar-refractivity contribution is -0.136. The van der Waals surface area contributed by atoms with Gasteiger partial charge in [0.25, 0.3) is 5.91 Å². The number of aliphatic carboxylic acids is 1. The van der Waals surface area contributed by atoms with Gasteiger partial charge in [0.05, 0.1) is 17.7 Å². The van der Waals surface area contributed by atoms with Gasteiger partial charge >= 0.3 is 5.97 Å². The molecule has 0 bridgehead atoms. The first-order valence-electron chi connectivity index (χ1n) is 11.3. The molecule has 9 heteroatoms. The van der Waals surface area contributed by atoms with Crippen LogP contribution >= 0.6 is 0 Å². The number of fused-ring (bicyclic) bond motifs is 1. The minimum atomic E-state index is -3.44. The molecule has 0 unspecified atom stereocenters. The SMILES string of the molecule is Cc1c(CC(=O)O)cc2ccc(F)cc2c1C(=O)N1CC2(C1)CN(S(=O)(=O)Cc1ccccc1)C2. The summed E-state index contributed by atoms with van der Waals surface area (Å²) >= 11 is 0. The van der Waals surface area contributed by atoms with Crippen LogP contribution in [0.25, 0.3) is 10.8 Å². The number of halogens is 1. The zero-order valence-electron chi connectivity index (χ0n) is 19.2. The molecule has 1 spiro atoms. The molecular weight excluding hydrogens is 471 g/mol. The number of carboxylic acid groups (broad SMARTS) is 1. The van der Waals surface area contributed by atoms with Crippen molar-refractivity contribution < 1.29 is 27.5 Å². The molecule has 35 heavy (non-hydrogen) atoms. The van der Waals surface area contributed by atoms with Crippen molar-refractivity contribution in [2.45, 2.75) is 19.1 Å². The molecule has 2 saturated heterocycles. The summed E-state index contributed by atoms with van der Waals surface area (Å²) in [6.45, 7) is 3.22. The molecule has 2 heterocycles. The molecule has 5 rings (SSSR count). The highest BCUT2D eigenvalue weighted by atomic mass is 32.2. The predicted octanol–water partition coefficient (Wildman–Crippen LogP) is 3.20. The van der Waals surface area contributed by atoms with Gasteiger partial charge in [-0.25, -0.2) is 17.1 Å². The molecule has 1 amide bonds. The molecule has 2 aliphatic heterocycles. The van der Waals surface area contributed by atoms with E-state index in [2.05, 4.69) is 0 Å². The minimum absolute atomic E-state index is 0.0559. The number of carbonyl (C=O) groups excluding carboxylic acids is 1. The highest BCUT2D eigenvalue weighted by molar-refractivity contribution is 7.88. The monoisotopic (exact) mass is 496 g/mol. The van der Waals surface area contributed by atoms with Crippen molar-refractivity contribution in [3.63, 3.8) is 0 Å². The lowest BCUT2D eigenvalue weighted by Crippen LogP contribution is -2.73. The Bertz CT molecular complexity index is 1440. The predicted molar refractivity (Wildman–Crippen MR) is 129 cm³/mol. The van der Waals surface area contributed by atoms with Crippen molar-refractivity contribution in [3.8, 4) is 0 Å². The van der Waals surface area contributed by atoms with E-state index >= 15 is 0 Å². The first-order valence-corrected chi connectivity index (χ1v) is 12.9. The molecule has 1 N–H and O–H groups in total. The van der Waals surface area contributed by atoms with Crippen LogP contribution < -0.4 is 0 Å². The number of benzene rings is 3. The second kappa shape index (κ2) is 8.42. The Morgan fingerprint density at radius 2 is 1.71 bits per heavy atom. The van der Waals surface area contributed by atoms with Crippen LogP contribution in [0.5, 0.6) is 0 Å². The van der Waals surface area contributed by atoms with E-state index in [4.69, 9.17) is 0 Å². The Hall–Kier alpha value is -3.30. The quantitative estimate of drug-likeness (QED) is 0.566. The molecule has 0 atom stereocenters. The van der Waals surface area contributed by atoms with Gasteiger partial charge in [-0.3, -0.25) is 9.59 Å². The molecule has 2 aliphatic rings. The zero-order valence-corrected chi connectivity index (χ0v) is 20.0. The molecule has 0 radical (unpaired) electrons. The van der Waals surface area contributed by atoms with Crippen molar-refractivity contribution in [2.24, 2.45) is 5.41 Å². The third-order valence-electron chi connectivity index (χ3n) is 6.98. The van der Waals surface area contributed by atoms with Crippen LogP contribution in [0.15, 0.2) is 54.6 Å². The average molecular weight is 497 g/mol. The van der Waals surface area contributed by atoms with Gasteiger partial charge in [0.15, 0.2) is 0 Å². The van der Waals surface area contributed by atoms with Crippen LogP contribution in [0.4, 0.5) is 4.39 Å². The lowest BCUT2D eigenvalue weighted by Gasteiger charge is -2.59. The Kier molecular flexibility index (Phi) is 5.64. The Morgan fingerprint density at radius 3 is 2.37 bits per heavy atom. The summed E-state index contributed by atoms with van der Waals surface area (Å²) in [5.74, 6) is -1.83. The highest BCUT2D eigenvalue weighted by Crippen LogP contribution is 2.43. The van der Waals surface area contributed by atoms with Gasteiger partial charge in [-0.2, -0.15) is 0 Å². The fourth-order valence-corrected chi connectivity index (χ4v) is 6.93. The second-order valence-electron chi connectivity index (χ2n) is 9.64. The van der Waals surface area contributed by atoms with Crippen molar-refractivity contribution in [2.75, 3.05) is 26.2 Å². The number of amides is 1. The van der Waals surface area contributed by atoms with Crippen molar-refractivity contribution in [3.05, 3.63) is 82.7 Å². The van der Waals surface area contributed by atoms with Gasteiger partial charge in [-0.1, -0.05) is 42.5 Å². The van der Waals surface area contributed by atoms with E-state index in [0.717, 1.165) is 5.56 Å². The Balaban J connectivity index is 1.33. The summed E-state index contributed by atoms with van der Waals surface area (Å²) in [5.41, 5.74) is 1.80. The molecule has 7 nitrogen and oxygen atoms in total. The number of hydrogen-bond donors (Lipinski definition) is 1. The molecule has 0 aromatic heterocycles. The normalized spacial score (nSPS) is 17.3. The van der Waals surface area contributed by atoms with Crippen LogP contribution in [-0.4, -0.2) is 60.8 Å². The van der Waals surface area contributed by atoms with Gasteiger partial charge in [-0.15, -0.1) is 0 Å². The maximum atomic E-state index is 14.0. The third-order valence-corrected chi connectivity index (χ3v) is 8.72. The van der Waals surface area contributed by atoms with Crippen LogP contribution in [-0.2, 0) is 27.0 Å². The van der Waals surface area contributed by atoms with E-state index in [1.54, 1.807) is 48.2 Å².